The summed E-state index contributed by atoms with van der Waals surface area (Å²) in [4.78, 5) is 33.1. The molecule has 1 heterocycles. The van der Waals surface area contributed by atoms with E-state index in [0.29, 0.717) is 0 Å². The largest absolute Gasteiger partial charge is 0.480 e. The van der Waals surface area contributed by atoms with E-state index in [0.717, 1.165) is 0 Å². The molecule has 2 N–H and O–H groups in total. The van der Waals surface area contributed by atoms with Gasteiger partial charge < -0.3 is 15.3 Å². The van der Waals surface area contributed by atoms with Gasteiger partial charge in [-0.05, 0) is 6.42 Å². The molecule has 0 aromatic carbocycles. The van der Waals surface area contributed by atoms with Gasteiger partial charge in [0.2, 0.25) is 11.8 Å². The van der Waals surface area contributed by atoms with Gasteiger partial charge in [-0.2, -0.15) is 13.2 Å². The van der Waals surface area contributed by atoms with Gasteiger partial charge in [0.25, 0.3) is 0 Å². The maximum atomic E-state index is 12.2. The molecule has 1 aliphatic rings. The highest BCUT2D eigenvalue weighted by molar-refractivity contribution is 5.92. The molecule has 0 aromatic rings. The summed E-state index contributed by atoms with van der Waals surface area (Å²) in [7, 11) is 0. The number of rotatable bonds is 4. The molecule has 1 rings (SSSR count). The second-order valence-corrected chi connectivity index (χ2v) is 3.86. The molecule has 0 bridgehead atoms. The molecule has 1 atom stereocenters. The number of amides is 2. The summed E-state index contributed by atoms with van der Waals surface area (Å²) in [6.45, 7) is -2.70. The van der Waals surface area contributed by atoms with Crippen molar-refractivity contribution in [2.45, 2.75) is 25.1 Å². The highest BCUT2D eigenvalue weighted by Gasteiger charge is 2.38. The van der Waals surface area contributed by atoms with Crippen LogP contribution in [0.5, 0.6) is 0 Å². The number of hydrogen-bond acceptors (Lipinski definition) is 3. The molecule has 0 radical (unpaired) electrons. The van der Waals surface area contributed by atoms with Crippen LogP contribution in [0.1, 0.15) is 12.8 Å². The van der Waals surface area contributed by atoms with Crippen LogP contribution in [-0.4, -0.2) is 53.1 Å². The van der Waals surface area contributed by atoms with Crippen molar-refractivity contribution in [3.63, 3.8) is 0 Å². The number of nitrogens with zero attached hydrogens (tertiary/aromatic N) is 1. The van der Waals surface area contributed by atoms with Crippen molar-refractivity contribution < 1.29 is 32.7 Å². The third-order valence-electron chi connectivity index (χ3n) is 2.30. The Kier molecular flexibility index (Phi) is 4.15. The van der Waals surface area contributed by atoms with Gasteiger partial charge in [0.05, 0.1) is 0 Å². The molecule has 0 spiro atoms. The van der Waals surface area contributed by atoms with E-state index >= 15 is 0 Å². The lowest BCUT2D eigenvalue weighted by molar-refractivity contribution is -0.166. The normalized spacial score (nSPS) is 19.5. The third-order valence-corrected chi connectivity index (χ3v) is 2.30. The first-order valence-electron chi connectivity index (χ1n) is 5.06. The highest BCUT2D eigenvalue weighted by atomic mass is 19.4. The first-order chi connectivity index (χ1) is 8.19. The molecule has 102 valence electrons. The van der Waals surface area contributed by atoms with Crippen molar-refractivity contribution in [1.82, 2.24) is 10.2 Å². The third kappa shape index (κ3) is 4.22. The van der Waals surface area contributed by atoms with Crippen molar-refractivity contribution in [1.29, 1.82) is 0 Å². The first-order valence-corrected chi connectivity index (χ1v) is 5.06. The smallest absolute Gasteiger partial charge is 0.406 e. The Bertz CT molecular complexity index is 369. The van der Waals surface area contributed by atoms with Crippen LogP contribution in [0.2, 0.25) is 0 Å². The quantitative estimate of drug-likeness (QED) is 0.735. The summed E-state index contributed by atoms with van der Waals surface area (Å²) < 4.78 is 36.6. The molecular formula is C9H11F3N2O4. The fourth-order valence-electron chi connectivity index (χ4n) is 1.61. The van der Waals surface area contributed by atoms with E-state index in [2.05, 4.69) is 5.32 Å². The van der Waals surface area contributed by atoms with E-state index in [9.17, 15) is 27.6 Å². The molecule has 0 aliphatic carbocycles. The van der Waals surface area contributed by atoms with Gasteiger partial charge in [0, 0.05) is 6.42 Å². The number of carbonyl (C=O) groups is 3. The monoisotopic (exact) mass is 268 g/mol. The molecule has 1 aliphatic heterocycles. The Morgan fingerprint density at radius 3 is 2.44 bits per heavy atom. The SMILES string of the molecule is O=C(O)CN(CC(F)(F)F)C(=O)[C@@H]1CCC(=O)N1. The van der Waals surface area contributed by atoms with E-state index in [1.165, 1.54) is 0 Å². The zero-order valence-corrected chi connectivity index (χ0v) is 9.16. The summed E-state index contributed by atoms with van der Waals surface area (Å²) in [5, 5.41) is 10.7. The number of halogens is 3. The van der Waals surface area contributed by atoms with Gasteiger partial charge in [0.1, 0.15) is 19.1 Å². The van der Waals surface area contributed by atoms with E-state index < -0.39 is 43.1 Å². The Morgan fingerprint density at radius 2 is 2.06 bits per heavy atom. The molecule has 6 nitrogen and oxygen atoms in total. The summed E-state index contributed by atoms with van der Waals surface area (Å²) in [5.74, 6) is -3.01. The van der Waals surface area contributed by atoms with Gasteiger partial charge in [0.15, 0.2) is 0 Å². The van der Waals surface area contributed by atoms with Crippen molar-refractivity contribution in [2.75, 3.05) is 13.1 Å². The number of nitrogens with one attached hydrogen (secondary N) is 1. The lowest BCUT2D eigenvalue weighted by Crippen LogP contribution is -2.49. The summed E-state index contributed by atoms with van der Waals surface area (Å²) in [6.07, 6.45) is -4.57. The zero-order valence-electron chi connectivity index (χ0n) is 9.16. The van der Waals surface area contributed by atoms with Gasteiger partial charge in [-0.3, -0.25) is 14.4 Å². The maximum absolute atomic E-state index is 12.2. The van der Waals surface area contributed by atoms with E-state index in [4.69, 9.17) is 5.11 Å². The van der Waals surface area contributed by atoms with Crippen molar-refractivity contribution in [3.05, 3.63) is 0 Å². The van der Waals surface area contributed by atoms with E-state index in [-0.39, 0.29) is 17.7 Å². The molecule has 1 saturated heterocycles. The van der Waals surface area contributed by atoms with Crippen LogP contribution < -0.4 is 5.32 Å². The van der Waals surface area contributed by atoms with Gasteiger partial charge in [-0.25, -0.2) is 0 Å². The second-order valence-electron chi connectivity index (χ2n) is 3.86. The standard InChI is InChI=1S/C9H11F3N2O4/c10-9(11,12)4-14(3-7(16)17)8(18)5-1-2-6(15)13-5/h5H,1-4H2,(H,13,15)(H,16,17)/t5-/m0/s1. The summed E-state index contributed by atoms with van der Waals surface area (Å²) in [6, 6.07) is -1.07. The van der Waals surface area contributed by atoms with Crippen molar-refractivity contribution in [3.8, 4) is 0 Å². The Labute approximate surface area is 99.7 Å². The van der Waals surface area contributed by atoms with Gasteiger partial charge in [-0.1, -0.05) is 0 Å². The minimum atomic E-state index is -4.69. The minimum Gasteiger partial charge on any atom is -0.480 e. The van der Waals surface area contributed by atoms with Crippen molar-refractivity contribution >= 4 is 17.8 Å². The fourth-order valence-corrected chi connectivity index (χ4v) is 1.61. The van der Waals surface area contributed by atoms with Crippen molar-refractivity contribution in [2.24, 2.45) is 0 Å². The second kappa shape index (κ2) is 5.23. The van der Waals surface area contributed by atoms with Crippen LogP contribution in [0.3, 0.4) is 0 Å². The molecule has 1 fully saturated rings. The van der Waals surface area contributed by atoms with Gasteiger partial charge >= 0.3 is 12.1 Å². The molecule has 0 unspecified atom stereocenters. The molecular weight excluding hydrogens is 257 g/mol. The van der Waals surface area contributed by atoms with Crippen LogP contribution in [0, 0.1) is 0 Å². The average Bonchev–Trinajstić information content (AvgIpc) is 2.59. The van der Waals surface area contributed by atoms with Crippen LogP contribution >= 0.6 is 0 Å². The topological polar surface area (TPSA) is 86.7 Å². The zero-order chi connectivity index (χ0) is 13.9. The summed E-state index contributed by atoms with van der Waals surface area (Å²) in [5.41, 5.74) is 0. The molecule has 18 heavy (non-hydrogen) atoms. The number of aliphatic carboxylic acids is 1. The number of hydrogen-bond donors (Lipinski definition) is 2. The fraction of sp³-hybridized carbons (Fsp3) is 0.667. The lowest BCUT2D eigenvalue weighted by atomic mass is 10.2. The van der Waals surface area contributed by atoms with Gasteiger partial charge in [-0.15, -0.1) is 0 Å². The van der Waals surface area contributed by atoms with Crippen LogP contribution in [0.4, 0.5) is 13.2 Å². The lowest BCUT2D eigenvalue weighted by Gasteiger charge is -2.24. The highest BCUT2D eigenvalue weighted by Crippen LogP contribution is 2.18. The Hall–Kier alpha value is -1.80. The summed E-state index contributed by atoms with van der Waals surface area (Å²) >= 11 is 0. The van der Waals surface area contributed by atoms with Crippen LogP contribution in [0.25, 0.3) is 0 Å². The van der Waals surface area contributed by atoms with E-state index in [1.54, 1.807) is 0 Å². The number of carbonyl (C=O) groups excluding carboxylic acids is 2. The van der Waals surface area contributed by atoms with Crippen LogP contribution in [-0.2, 0) is 14.4 Å². The van der Waals surface area contributed by atoms with E-state index in [1.807, 2.05) is 0 Å². The van der Waals surface area contributed by atoms with Crippen LogP contribution in [0.15, 0.2) is 0 Å². The number of carboxylic acids is 1. The first kappa shape index (κ1) is 14.3. The number of alkyl halides is 3. The predicted octanol–water partition coefficient (Wildman–Crippen LogP) is -0.260. The minimum absolute atomic E-state index is 0.0450. The Morgan fingerprint density at radius 1 is 1.44 bits per heavy atom. The molecule has 0 saturated carbocycles. The average molecular weight is 268 g/mol. The predicted molar refractivity (Wildman–Crippen MR) is 51.4 cm³/mol. The Balaban J connectivity index is 2.72. The maximum Gasteiger partial charge on any atom is 0.406 e. The number of carboxylic acid groups (broad SMARTS) is 1. The molecule has 9 heteroatoms. The molecule has 0 aromatic heterocycles. The molecule has 2 amide bonds.